The number of rotatable bonds is 4. The Kier molecular flexibility index (Phi) is 4.79. The van der Waals surface area contributed by atoms with Gasteiger partial charge in [-0.25, -0.2) is 13.2 Å². The lowest BCUT2D eigenvalue weighted by atomic mass is 9.79. The number of ether oxygens (including phenoxy) is 1. The van der Waals surface area contributed by atoms with Gasteiger partial charge in [0.2, 0.25) is 0 Å². The van der Waals surface area contributed by atoms with E-state index in [1.165, 1.54) is 18.2 Å². The summed E-state index contributed by atoms with van der Waals surface area (Å²) in [4.78, 5) is 0. The second-order valence-electron chi connectivity index (χ2n) is 7.32. The molecule has 1 aliphatic heterocycles. The third-order valence-electron chi connectivity index (χ3n) is 4.86. The van der Waals surface area contributed by atoms with Crippen LogP contribution < -0.4 is 10.2 Å². The number of benzene rings is 2. The van der Waals surface area contributed by atoms with Crippen LogP contribution in [0.5, 0.6) is 5.75 Å². The molecule has 0 amide bonds. The summed E-state index contributed by atoms with van der Waals surface area (Å²) in [5, 5.41) is 0. The Morgan fingerprint density at radius 1 is 0.846 bits per heavy atom. The second kappa shape index (κ2) is 6.63. The molecule has 2 aromatic rings. The number of halogens is 3. The van der Waals surface area contributed by atoms with Gasteiger partial charge in [-0.15, -0.1) is 0 Å². The number of hydrogen-bond donors (Lipinski definition) is 0. The highest BCUT2D eigenvalue weighted by molar-refractivity contribution is 6.62. The second-order valence-corrected chi connectivity index (χ2v) is 7.32. The molecule has 1 saturated heterocycles. The Hall–Kier alpha value is -1.99. The molecule has 1 fully saturated rings. The molecule has 7 heteroatoms. The molecule has 0 spiro atoms. The summed E-state index contributed by atoms with van der Waals surface area (Å²) in [5.74, 6) is -2.48. The van der Waals surface area contributed by atoms with Crippen molar-refractivity contribution in [2.24, 2.45) is 0 Å². The first-order valence-electron chi connectivity index (χ1n) is 8.31. The highest BCUT2D eigenvalue weighted by Crippen LogP contribution is 2.36. The minimum atomic E-state index is -0.970. The van der Waals surface area contributed by atoms with Gasteiger partial charge in [-0.1, -0.05) is 12.1 Å². The molecule has 0 aromatic heterocycles. The zero-order chi connectivity index (χ0) is 19.1. The maximum atomic E-state index is 14.4. The van der Waals surface area contributed by atoms with E-state index in [-0.39, 0.29) is 12.4 Å². The monoisotopic (exact) mass is 364 g/mol. The summed E-state index contributed by atoms with van der Waals surface area (Å²) in [7, 11) is -0.672. The Labute approximate surface area is 151 Å². The van der Waals surface area contributed by atoms with Crippen LogP contribution in [-0.2, 0) is 15.9 Å². The molecule has 0 aliphatic carbocycles. The maximum Gasteiger partial charge on any atom is 0.494 e. The van der Waals surface area contributed by atoms with E-state index in [1.807, 2.05) is 27.7 Å². The molecule has 3 nitrogen and oxygen atoms in total. The van der Waals surface area contributed by atoms with E-state index in [4.69, 9.17) is 14.0 Å². The van der Waals surface area contributed by atoms with Crippen LogP contribution >= 0.6 is 0 Å². The topological polar surface area (TPSA) is 27.7 Å². The minimum Gasteiger partial charge on any atom is -0.486 e. The largest absolute Gasteiger partial charge is 0.494 e. The average Bonchev–Trinajstić information content (AvgIpc) is 2.77. The van der Waals surface area contributed by atoms with Crippen molar-refractivity contribution < 1.29 is 27.2 Å². The molecule has 1 aliphatic rings. The van der Waals surface area contributed by atoms with Gasteiger partial charge in [-0.2, -0.15) is 0 Å². The first-order chi connectivity index (χ1) is 12.1. The fraction of sp³-hybridized carbons (Fsp3) is 0.368. The van der Waals surface area contributed by atoms with Crippen molar-refractivity contribution in [3.05, 3.63) is 59.4 Å². The third-order valence-corrected chi connectivity index (χ3v) is 4.86. The SMILES string of the molecule is CC1(C)OB(c2ccc(OCc3ccc(F)c(F)c3)c(F)c2)OC1(C)C. The molecular formula is C19H20BF3O3. The molecule has 0 saturated carbocycles. The smallest absolute Gasteiger partial charge is 0.486 e. The fourth-order valence-corrected chi connectivity index (χ4v) is 2.55. The van der Waals surface area contributed by atoms with Gasteiger partial charge < -0.3 is 14.0 Å². The standard InChI is InChI=1S/C19H20BF3O3/c1-18(2)19(3,4)26-20(25-18)13-6-8-17(16(23)10-13)24-11-12-5-7-14(21)15(22)9-12/h5-10H,11H2,1-4H3. The summed E-state index contributed by atoms with van der Waals surface area (Å²) in [5.41, 5.74) is -0.0916. The van der Waals surface area contributed by atoms with Crippen LogP contribution in [0.15, 0.2) is 36.4 Å². The van der Waals surface area contributed by atoms with Gasteiger partial charge in [-0.05, 0) is 63.0 Å². The van der Waals surface area contributed by atoms with Gasteiger partial charge in [-0.3, -0.25) is 0 Å². The lowest BCUT2D eigenvalue weighted by molar-refractivity contribution is 0.00578. The summed E-state index contributed by atoms with van der Waals surface area (Å²) in [6.45, 7) is 7.60. The van der Waals surface area contributed by atoms with Gasteiger partial charge in [0.15, 0.2) is 23.2 Å². The van der Waals surface area contributed by atoms with Crippen LogP contribution in [-0.4, -0.2) is 18.3 Å². The zero-order valence-electron chi connectivity index (χ0n) is 15.1. The van der Waals surface area contributed by atoms with Crippen LogP contribution in [0.3, 0.4) is 0 Å². The van der Waals surface area contributed by atoms with E-state index < -0.39 is 35.8 Å². The van der Waals surface area contributed by atoms with E-state index in [0.717, 1.165) is 12.1 Å². The van der Waals surface area contributed by atoms with Crippen molar-refractivity contribution in [2.45, 2.75) is 45.5 Å². The predicted molar refractivity (Wildman–Crippen MR) is 92.8 cm³/mol. The predicted octanol–water partition coefficient (Wildman–Crippen LogP) is 3.98. The quantitative estimate of drug-likeness (QED) is 0.769. The lowest BCUT2D eigenvalue weighted by Crippen LogP contribution is -2.41. The van der Waals surface area contributed by atoms with Crippen molar-refractivity contribution in [3.8, 4) is 5.75 Å². The molecular weight excluding hydrogens is 344 g/mol. The third kappa shape index (κ3) is 3.59. The van der Waals surface area contributed by atoms with Crippen molar-refractivity contribution >= 4 is 12.6 Å². The lowest BCUT2D eigenvalue weighted by Gasteiger charge is -2.32. The van der Waals surface area contributed by atoms with E-state index in [1.54, 1.807) is 6.07 Å². The molecule has 0 bridgehead atoms. The Morgan fingerprint density at radius 2 is 1.50 bits per heavy atom. The average molecular weight is 364 g/mol. The molecule has 0 N–H and O–H groups in total. The molecule has 2 aromatic carbocycles. The van der Waals surface area contributed by atoms with Gasteiger partial charge in [0.25, 0.3) is 0 Å². The fourth-order valence-electron chi connectivity index (χ4n) is 2.55. The van der Waals surface area contributed by atoms with Gasteiger partial charge in [0, 0.05) is 0 Å². The van der Waals surface area contributed by atoms with Crippen molar-refractivity contribution in [2.75, 3.05) is 0 Å². The molecule has 0 unspecified atom stereocenters. The summed E-state index contributed by atoms with van der Waals surface area (Å²) in [6, 6.07) is 7.83. The van der Waals surface area contributed by atoms with E-state index in [9.17, 15) is 13.2 Å². The summed E-state index contributed by atoms with van der Waals surface area (Å²) >= 11 is 0. The Bertz CT molecular complexity index is 808. The molecule has 3 rings (SSSR count). The Morgan fingerprint density at radius 3 is 2.08 bits per heavy atom. The van der Waals surface area contributed by atoms with E-state index in [0.29, 0.717) is 11.0 Å². The van der Waals surface area contributed by atoms with Crippen LogP contribution in [0.1, 0.15) is 33.3 Å². The van der Waals surface area contributed by atoms with Crippen molar-refractivity contribution in [1.82, 2.24) is 0 Å². The van der Waals surface area contributed by atoms with Gasteiger partial charge >= 0.3 is 7.12 Å². The molecule has 0 radical (unpaired) electrons. The highest BCUT2D eigenvalue weighted by Gasteiger charge is 2.51. The highest BCUT2D eigenvalue weighted by atomic mass is 19.2. The summed E-state index contributed by atoms with van der Waals surface area (Å²) in [6.07, 6.45) is 0. The summed E-state index contributed by atoms with van der Waals surface area (Å²) < 4.78 is 57.7. The normalized spacial score (nSPS) is 18.2. The van der Waals surface area contributed by atoms with Crippen LogP contribution in [0.4, 0.5) is 13.2 Å². The van der Waals surface area contributed by atoms with Crippen molar-refractivity contribution in [3.63, 3.8) is 0 Å². The first-order valence-corrected chi connectivity index (χ1v) is 8.31. The van der Waals surface area contributed by atoms with Crippen LogP contribution in [0, 0.1) is 17.5 Å². The molecule has 26 heavy (non-hydrogen) atoms. The number of hydrogen-bond acceptors (Lipinski definition) is 3. The minimum absolute atomic E-state index is 0.00926. The molecule has 138 valence electrons. The van der Waals surface area contributed by atoms with Gasteiger partial charge in [0.05, 0.1) is 11.2 Å². The van der Waals surface area contributed by atoms with Crippen LogP contribution in [0.2, 0.25) is 0 Å². The molecule has 1 heterocycles. The zero-order valence-corrected chi connectivity index (χ0v) is 15.1. The van der Waals surface area contributed by atoms with Crippen LogP contribution in [0.25, 0.3) is 0 Å². The van der Waals surface area contributed by atoms with Gasteiger partial charge in [0.1, 0.15) is 6.61 Å². The Balaban J connectivity index is 1.71. The van der Waals surface area contributed by atoms with E-state index >= 15 is 0 Å². The van der Waals surface area contributed by atoms with E-state index in [2.05, 4.69) is 0 Å². The van der Waals surface area contributed by atoms with Crippen molar-refractivity contribution in [1.29, 1.82) is 0 Å². The molecule has 0 atom stereocenters. The maximum absolute atomic E-state index is 14.4. The first kappa shape index (κ1) is 18.8.